The van der Waals surface area contributed by atoms with E-state index in [9.17, 15) is 14.4 Å². The van der Waals surface area contributed by atoms with E-state index in [2.05, 4.69) is 15.7 Å². The Balaban J connectivity index is 1.23. The summed E-state index contributed by atoms with van der Waals surface area (Å²) >= 11 is 0. The highest BCUT2D eigenvalue weighted by atomic mass is 16.5. The normalized spacial score (nSPS) is 18.9. The first-order valence-corrected chi connectivity index (χ1v) is 15.4. The number of likely N-dealkylation sites (tertiary alicyclic amines) is 1. The predicted molar refractivity (Wildman–Crippen MR) is 171 cm³/mol. The Labute approximate surface area is 267 Å². The Hall–Kier alpha value is -5.32. The van der Waals surface area contributed by atoms with Gasteiger partial charge in [-0.25, -0.2) is 0 Å². The van der Waals surface area contributed by atoms with Crippen molar-refractivity contribution in [3.63, 3.8) is 0 Å². The van der Waals surface area contributed by atoms with Gasteiger partial charge in [0.1, 0.15) is 17.5 Å². The van der Waals surface area contributed by atoms with Crippen molar-refractivity contribution < 1.29 is 28.6 Å². The number of nitrogens with one attached hydrogen (secondary N) is 2. The lowest BCUT2D eigenvalue weighted by molar-refractivity contribution is -0.125. The van der Waals surface area contributed by atoms with E-state index in [1.165, 1.54) is 7.11 Å². The van der Waals surface area contributed by atoms with Crippen LogP contribution in [-0.2, 0) is 29.6 Å². The van der Waals surface area contributed by atoms with Crippen molar-refractivity contribution in [2.24, 2.45) is 7.05 Å². The van der Waals surface area contributed by atoms with Crippen LogP contribution in [0.3, 0.4) is 0 Å². The first-order valence-electron chi connectivity index (χ1n) is 15.4. The minimum absolute atomic E-state index is 0.0581. The number of piperidine rings is 1. The van der Waals surface area contributed by atoms with Crippen LogP contribution >= 0.6 is 0 Å². The molecule has 4 bridgehead atoms. The lowest BCUT2D eigenvalue weighted by Gasteiger charge is -2.38. The first-order chi connectivity index (χ1) is 22.4. The van der Waals surface area contributed by atoms with Gasteiger partial charge in [0.15, 0.2) is 18.1 Å². The fourth-order valence-electron chi connectivity index (χ4n) is 5.76. The summed E-state index contributed by atoms with van der Waals surface area (Å²) < 4.78 is 19.3. The number of benzene rings is 3. The molecule has 11 nitrogen and oxygen atoms in total. The molecule has 1 fully saturated rings. The zero-order valence-corrected chi connectivity index (χ0v) is 25.9. The number of methoxy groups -OCH3 is 1. The van der Waals surface area contributed by atoms with Gasteiger partial charge in [0, 0.05) is 45.1 Å². The van der Waals surface area contributed by atoms with Gasteiger partial charge in [-0.15, -0.1) is 0 Å². The second-order valence-corrected chi connectivity index (χ2v) is 11.5. The molecule has 11 heteroatoms. The molecule has 1 saturated heterocycles. The van der Waals surface area contributed by atoms with Crippen molar-refractivity contribution in [1.29, 1.82) is 0 Å². The average Bonchev–Trinajstić information content (AvgIpc) is 3.48. The van der Waals surface area contributed by atoms with Crippen molar-refractivity contribution >= 4 is 17.7 Å². The lowest BCUT2D eigenvalue weighted by Crippen LogP contribution is -2.58. The highest BCUT2D eigenvalue weighted by molar-refractivity contribution is 5.94. The summed E-state index contributed by atoms with van der Waals surface area (Å²) in [6, 6.07) is 23.9. The number of aryl methyl sites for hydroxylation is 2. The molecular weight excluding hydrogens is 586 g/mol. The van der Waals surface area contributed by atoms with Gasteiger partial charge < -0.3 is 29.7 Å². The van der Waals surface area contributed by atoms with Gasteiger partial charge in [-0.2, -0.15) is 5.10 Å². The monoisotopic (exact) mass is 623 g/mol. The second-order valence-electron chi connectivity index (χ2n) is 11.5. The summed E-state index contributed by atoms with van der Waals surface area (Å²) in [5.74, 6) is 0.932. The number of carbonyl (C=O) groups is 3. The summed E-state index contributed by atoms with van der Waals surface area (Å²) in [7, 11) is 3.29. The third-order valence-corrected chi connectivity index (χ3v) is 8.28. The third-order valence-electron chi connectivity index (χ3n) is 8.28. The van der Waals surface area contributed by atoms with Crippen LogP contribution in [0.4, 0.5) is 0 Å². The van der Waals surface area contributed by atoms with Crippen LogP contribution in [0.5, 0.6) is 17.2 Å². The van der Waals surface area contributed by atoms with Gasteiger partial charge >= 0.3 is 0 Å². The predicted octanol–water partition coefficient (Wildman–Crippen LogP) is 3.52. The molecule has 238 valence electrons. The molecule has 0 unspecified atom stereocenters. The van der Waals surface area contributed by atoms with Crippen molar-refractivity contribution in [2.45, 2.75) is 38.0 Å². The number of amides is 3. The fraction of sp³-hybridized carbons (Fsp3) is 0.314. The number of rotatable bonds is 3. The minimum atomic E-state index is -0.510. The van der Waals surface area contributed by atoms with Gasteiger partial charge in [-0.1, -0.05) is 48.5 Å². The van der Waals surface area contributed by atoms with Gasteiger partial charge in [0.2, 0.25) is 5.91 Å². The molecule has 0 radical (unpaired) electrons. The molecule has 2 N–H and O–H groups in total. The molecule has 46 heavy (non-hydrogen) atoms. The van der Waals surface area contributed by atoms with Crippen molar-refractivity contribution in [3.05, 3.63) is 95.7 Å². The number of hydrogen-bond acceptors (Lipinski definition) is 7. The summed E-state index contributed by atoms with van der Waals surface area (Å²) in [5.41, 5.74) is 3.95. The van der Waals surface area contributed by atoms with Gasteiger partial charge in [0.25, 0.3) is 11.8 Å². The van der Waals surface area contributed by atoms with Gasteiger partial charge in [-0.05, 0) is 47.9 Å². The average molecular weight is 624 g/mol. The van der Waals surface area contributed by atoms with Crippen molar-refractivity contribution in [1.82, 2.24) is 25.3 Å². The van der Waals surface area contributed by atoms with Crippen LogP contribution in [0.2, 0.25) is 0 Å². The summed E-state index contributed by atoms with van der Waals surface area (Å²) in [6.07, 6.45) is 0.947. The molecule has 0 aliphatic carbocycles. The Morgan fingerprint density at radius 2 is 1.74 bits per heavy atom. The van der Waals surface area contributed by atoms with E-state index >= 15 is 0 Å². The quantitative estimate of drug-likeness (QED) is 0.358. The smallest absolute Gasteiger partial charge is 0.272 e. The lowest BCUT2D eigenvalue weighted by atomic mass is 10.0. The van der Waals surface area contributed by atoms with Crippen LogP contribution in [0.1, 0.15) is 34.5 Å². The maximum Gasteiger partial charge on any atom is 0.272 e. The molecular formula is C35H37N5O6. The molecule has 6 heterocycles. The van der Waals surface area contributed by atoms with Crippen LogP contribution in [0, 0.1) is 0 Å². The maximum atomic E-state index is 13.8. The molecule has 2 atom stereocenters. The van der Waals surface area contributed by atoms with Crippen molar-refractivity contribution in [3.8, 4) is 28.5 Å². The Morgan fingerprint density at radius 3 is 2.52 bits per heavy atom. The number of hydrogen-bond donors (Lipinski definition) is 2. The number of nitrogens with zero attached hydrogens (tertiary/aromatic N) is 3. The highest BCUT2D eigenvalue weighted by Gasteiger charge is 2.35. The third kappa shape index (κ3) is 7.14. The summed E-state index contributed by atoms with van der Waals surface area (Å²) in [5, 5.41) is 10.6. The number of aromatic nitrogens is 2. The molecule has 0 spiro atoms. The fourth-order valence-corrected chi connectivity index (χ4v) is 5.76. The van der Waals surface area contributed by atoms with Crippen LogP contribution < -0.4 is 24.8 Å². The molecule has 1 aromatic heterocycles. The van der Waals surface area contributed by atoms with E-state index in [0.717, 1.165) is 16.7 Å². The van der Waals surface area contributed by atoms with E-state index in [-0.39, 0.29) is 30.9 Å². The Bertz CT molecular complexity index is 1700. The van der Waals surface area contributed by atoms with E-state index < -0.39 is 12.1 Å². The zero-order chi connectivity index (χ0) is 32.0. The molecule has 5 aliphatic heterocycles. The number of carbonyl (C=O) groups excluding carboxylic acids is 3. The van der Waals surface area contributed by atoms with Crippen LogP contribution in [0.25, 0.3) is 11.3 Å². The molecule has 0 saturated carbocycles. The second kappa shape index (κ2) is 13.8. The molecule has 3 aromatic carbocycles. The van der Waals surface area contributed by atoms with E-state index in [0.29, 0.717) is 61.0 Å². The minimum Gasteiger partial charge on any atom is -0.493 e. The van der Waals surface area contributed by atoms with E-state index in [1.807, 2.05) is 66.7 Å². The summed E-state index contributed by atoms with van der Waals surface area (Å²) in [6.45, 7) is 0.815. The largest absolute Gasteiger partial charge is 0.493 e. The Morgan fingerprint density at radius 1 is 0.957 bits per heavy atom. The first kappa shape index (κ1) is 30.7. The topological polar surface area (TPSA) is 124 Å². The summed E-state index contributed by atoms with van der Waals surface area (Å²) in [4.78, 5) is 41.2. The van der Waals surface area contributed by atoms with Gasteiger partial charge in [-0.3, -0.25) is 19.1 Å². The Kier molecular flexibility index (Phi) is 9.18. The standard InChI is InChI=1S/C35H37N5O6/c1-39-29(19-27(38-39)25-6-4-3-5-7-25)35(43)40-17-16-30-28(21-40)37-34(42)22-45-31-14-10-23(18-32(31)44-2)11-15-33(41)36-20-24-8-12-26(46-30)13-9-24/h3-10,12-14,18-19,28,30H,11,15-17,20-22H2,1-2H3,(H,36,41)(H,37,42)/t28-,30-/m1/s1. The molecule has 5 aliphatic rings. The van der Waals surface area contributed by atoms with E-state index in [4.69, 9.17) is 14.2 Å². The van der Waals surface area contributed by atoms with Crippen LogP contribution in [0.15, 0.2) is 78.9 Å². The zero-order valence-electron chi connectivity index (χ0n) is 25.9. The SMILES string of the molecule is COc1cc2ccc1OCC(=O)N[C@@H]1CN(C(=O)c3cc(-c4ccccc4)nn3C)CC[C@H]1Oc1ccc(cc1)CNC(=O)CC2. The molecule has 4 aromatic rings. The van der Waals surface area contributed by atoms with Crippen LogP contribution in [-0.4, -0.2) is 71.4 Å². The number of ether oxygens (including phenoxy) is 3. The van der Waals surface area contributed by atoms with Gasteiger partial charge in [0.05, 0.1) is 18.8 Å². The maximum absolute atomic E-state index is 13.8. The van der Waals surface area contributed by atoms with Crippen molar-refractivity contribution in [2.75, 3.05) is 26.8 Å². The molecule has 3 amide bonds. The highest BCUT2D eigenvalue weighted by Crippen LogP contribution is 2.29. The van der Waals surface area contributed by atoms with E-state index in [1.54, 1.807) is 28.8 Å². The molecule has 9 rings (SSSR count).